The van der Waals surface area contributed by atoms with Crippen LogP contribution in [0.4, 0.5) is 4.39 Å². The van der Waals surface area contributed by atoms with Gasteiger partial charge in [0.2, 0.25) is 11.8 Å². The van der Waals surface area contributed by atoms with Crippen LogP contribution in [0.1, 0.15) is 57.7 Å². The third-order valence-electron chi connectivity index (χ3n) is 9.42. The summed E-state index contributed by atoms with van der Waals surface area (Å²) in [6, 6.07) is 21.4. The van der Waals surface area contributed by atoms with E-state index in [2.05, 4.69) is 80.4 Å². The van der Waals surface area contributed by atoms with Crippen molar-refractivity contribution in [3.8, 4) is 11.8 Å². The van der Waals surface area contributed by atoms with E-state index >= 15 is 0 Å². The second-order valence-electron chi connectivity index (χ2n) is 12.5. The lowest BCUT2D eigenvalue weighted by Crippen LogP contribution is -2.67. The van der Waals surface area contributed by atoms with Gasteiger partial charge in [-0.1, -0.05) is 60.7 Å². The number of carbonyl (C=O) groups excluding carboxylic acids is 1. The molecule has 2 aromatic carbocycles. The summed E-state index contributed by atoms with van der Waals surface area (Å²) < 4.78 is 25.1. The Hall–Kier alpha value is -4.48. The third-order valence-corrected chi connectivity index (χ3v) is 9.42. The summed E-state index contributed by atoms with van der Waals surface area (Å²) in [4.78, 5) is 38.4. The molecule has 10 nitrogen and oxygen atoms in total. The summed E-state index contributed by atoms with van der Waals surface area (Å²) in [6.45, 7) is 3.11. The summed E-state index contributed by atoms with van der Waals surface area (Å²) in [5, 5.41) is 0. The van der Waals surface area contributed by atoms with Gasteiger partial charge in [0.25, 0.3) is 5.91 Å². The van der Waals surface area contributed by atoms with Gasteiger partial charge < -0.3 is 14.4 Å². The van der Waals surface area contributed by atoms with E-state index in [1.165, 1.54) is 17.3 Å². The molecule has 4 aromatic rings. The van der Waals surface area contributed by atoms with E-state index < -0.39 is 6.67 Å². The van der Waals surface area contributed by atoms with E-state index in [1.54, 1.807) is 19.5 Å². The van der Waals surface area contributed by atoms with Crippen LogP contribution in [-0.4, -0.2) is 106 Å². The molecule has 7 rings (SSSR count). The van der Waals surface area contributed by atoms with Crippen molar-refractivity contribution in [1.29, 1.82) is 0 Å². The smallest absolute Gasteiger partial charge is 0.274 e. The molecular weight excluding hydrogens is 597 g/mol. The van der Waals surface area contributed by atoms with Gasteiger partial charge >= 0.3 is 0 Å². The van der Waals surface area contributed by atoms with Crippen LogP contribution in [0.25, 0.3) is 0 Å². The Kier molecular flexibility index (Phi) is 9.34. The topological polar surface area (TPSA) is 96.8 Å². The van der Waals surface area contributed by atoms with Gasteiger partial charge in [0.15, 0.2) is 0 Å². The number of methoxy groups -OCH3 is 1. The van der Waals surface area contributed by atoms with Gasteiger partial charge in [-0.05, 0) is 24.0 Å². The van der Waals surface area contributed by atoms with Gasteiger partial charge in [0, 0.05) is 75.6 Å². The predicted octanol–water partition coefficient (Wildman–Crippen LogP) is 4.34. The highest BCUT2D eigenvalue weighted by Gasteiger charge is 2.44. The zero-order valence-electron chi connectivity index (χ0n) is 26.6. The first kappa shape index (κ1) is 31.1. The molecule has 244 valence electrons. The SMILES string of the molecule is COc1nc(C2CC2)nc(OCCF)c1CN1CC(C(c2ccccc2)c2ccccc2)N2CCN(C(=O)c3cnccn3)C[C@H]2C1. The normalized spacial score (nSPS) is 20.2. The summed E-state index contributed by atoms with van der Waals surface area (Å²) in [5.74, 6) is 1.82. The van der Waals surface area contributed by atoms with E-state index in [-0.39, 0.29) is 36.4 Å². The molecular formula is C36H40FN7O3. The highest BCUT2D eigenvalue weighted by atomic mass is 19.1. The molecule has 1 unspecified atom stereocenters. The summed E-state index contributed by atoms with van der Waals surface area (Å²) in [6.07, 6.45) is 6.72. The fourth-order valence-corrected chi connectivity index (χ4v) is 7.12. The van der Waals surface area contributed by atoms with Crippen molar-refractivity contribution in [3.05, 3.63) is 107 Å². The van der Waals surface area contributed by atoms with Gasteiger partial charge in [0.05, 0.1) is 18.9 Å². The minimum Gasteiger partial charge on any atom is -0.481 e. The third kappa shape index (κ3) is 6.82. The number of piperazine rings is 2. The zero-order chi connectivity index (χ0) is 32.2. The number of amides is 1. The number of ether oxygens (including phenoxy) is 2. The minimum absolute atomic E-state index is 0.0471. The van der Waals surface area contributed by atoms with E-state index in [0.29, 0.717) is 49.5 Å². The largest absolute Gasteiger partial charge is 0.481 e. The fraction of sp³-hybridized carbons (Fsp3) is 0.417. The van der Waals surface area contributed by atoms with Crippen molar-refractivity contribution in [2.24, 2.45) is 0 Å². The van der Waals surface area contributed by atoms with Gasteiger partial charge in [0.1, 0.15) is 24.8 Å². The Bertz CT molecular complexity index is 1610. The minimum atomic E-state index is -0.612. The zero-order valence-corrected chi connectivity index (χ0v) is 26.6. The van der Waals surface area contributed by atoms with Crippen molar-refractivity contribution in [2.45, 2.75) is 43.3 Å². The van der Waals surface area contributed by atoms with Gasteiger partial charge in [-0.2, -0.15) is 9.97 Å². The van der Waals surface area contributed by atoms with Crippen LogP contribution in [-0.2, 0) is 6.54 Å². The summed E-state index contributed by atoms with van der Waals surface area (Å²) >= 11 is 0. The lowest BCUT2D eigenvalue weighted by atomic mass is 9.81. The maximum atomic E-state index is 13.5. The van der Waals surface area contributed by atoms with Crippen LogP contribution >= 0.6 is 0 Å². The molecule has 4 heterocycles. The molecule has 47 heavy (non-hydrogen) atoms. The summed E-state index contributed by atoms with van der Waals surface area (Å²) in [5.41, 5.74) is 3.55. The number of fused-ring (bicyclic) bond motifs is 1. The van der Waals surface area contributed by atoms with Crippen LogP contribution in [0.3, 0.4) is 0 Å². The monoisotopic (exact) mass is 637 g/mol. The van der Waals surface area contributed by atoms with E-state index in [0.717, 1.165) is 31.5 Å². The molecule has 1 amide bonds. The molecule has 2 aliphatic heterocycles. The van der Waals surface area contributed by atoms with Crippen molar-refractivity contribution in [1.82, 2.24) is 34.6 Å². The number of aromatic nitrogens is 4. The fourth-order valence-electron chi connectivity index (χ4n) is 7.12. The van der Waals surface area contributed by atoms with Crippen molar-refractivity contribution < 1.29 is 18.7 Å². The predicted molar refractivity (Wildman–Crippen MR) is 174 cm³/mol. The van der Waals surface area contributed by atoms with Crippen molar-refractivity contribution >= 4 is 5.91 Å². The highest BCUT2D eigenvalue weighted by Crippen LogP contribution is 2.41. The van der Waals surface area contributed by atoms with Crippen LogP contribution in [0.2, 0.25) is 0 Å². The first-order chi connectivity index (χ1) is 23.1. The Morgan fingerprint density at radius 3 is 2.30 bits per heavy atom. The van der Waals surface area contributed by atoms with Crippen LogP contribution < -0.4 is 9.47 Å². The van der Waals surface area contributed by atoms with Crippen LogP contribution in [0.15, 0.2) is 79.3 Å². The van der Waals surface area contributed by atoms with Crippen molar-refractivity contribution in [2.75, 3.05) is 53.1 Å². The van der Waals surface area contributed by atoms with E-state index in [4.69, 9.17) is 19.4 Å². The number of alkyl halides is 1. The molecule has 1 saturated carbocycles. The lowest BCUT2D eigenvalue weighted by molar-refractivity contribution is -0.0293. The van der Waals surface area contributed by atoms with E-state index in [1.807, 2.05) is 4.90 Å². The maximum Gasteiger partial charge on any atom is 0.274 e. The number of hydrogen-bond acceptors (Lipinski definition) is 9. The number of hydrogen-bond donors (Lipinski definition) is 0. The molecule has 0 bridgehead atoms. The molecule has 2 aromatic heterocycles. The van der Waals surface area contributed by atoms with Gasteiger partial charge in [-0.15, -0.1) is 0 Å². The standard InChI is InChI=1S/C36H40FN7O3/c1-46-34-29(35(47-19-14-37)41-33(40-34)27-12-13-27)23-42-21-28-22-43(36(45)30-20-38-15-16-39-30)17-18-44(28)31(24-42)32(25-8-4-2-5-9-25)26-10-6-3-7-11-26/h2-11,15-16,20,27-28,31-32H,12-14,17-19,21-24H2,1H3/t28-,31?/m1/s1. The molecule has 0 spiro atoms. The number of halogens is 1. The molecule has 3 fully saturated rings. The van der Waals surface area contributed by atoms with Crippen LogP contribution in [0, 0.1) is 0 Å². The Balaban J connectivity index is 1.25. The molecule has 0 N–H and O–H groups in total. The molecule has 0 radical (unpaired) electrons. The number of benzene rings is 2. The number of rotatable bonds is 11. The number of carbonyl (C=O) groups is 1. The average molecular weight is 638 g/mol. The van der Waals surface area contributed by atoms with Crippen LogP contribution in [0.5, 0.6) is 11.8 Å². The maximum absolute atomic E-state index is 13.5. The van der Waals surface area contributed by atoms with Crippen molar-refractivity contribution in [3.63, 3.8) is 0 Å². The molecule has 3 aliphatic rings. The highest BCUT2D eigenvalue weighted by molar-refractivity contribution is 5.92. The average Bonchev–Trinajstić information content (AvgIpc) is 3.98. The lowest BCUT2D eigenvalue weighted by Gasteiger charge is -2.53. The first-order valence-corrected chi connectivity index (χ1v) is 16.4. The van der Waals surface area contributed by atoms with Gasteiger partial charge in [-0.3, -0.25) is 19.6 Å². The molecule has 2 atom stereocenters. The second-order valence-corrected chi connectivity index (χ2v) is 12.5. The molecule has 1 aliphatic carbocycles. The van der Waals surface area contributed by atoms with E-state index in [9.17, 15) is 9.18 Å². The Morgan fingerprint density at radius 1 is 0.936 bits per heavy atom. The molecule has 2 saturated heterocycles. The Morgan fingerprint density at radius 2 is 1.66 bits per heavy atom. The summed E-state index contributed by atoms with van der Waals surface area (Å²) in [7, 11) is 1.61. The molecule has 11 heteroatoms. The second kappa shape index (κ2) is 14.1. The Labute approximate surface area is 274 Å². The number of nitrogens with zero attached hydrogens (tertiary/aromatic N) is 7. The van der Waals surface area contributed by atoms with Gasteiger partial charge in [-0.25, -0.2) is 9.37 Å². The quantitative estimate of drug-likeness (QED) is 0.238. The first-order valence-electron chi connectivity index (χ1n) is 16.4.